The molecule has 0 radical (unpaired) electrons. The largest absolute Gasteiger partial charge is 0.354 e. The van der Waals surface area contributed by atoms with E-state index in [2.05, 4.69) is 10.0 Å². The van der Waals surface area contributed by atoms with Gasteiger partial charge in [0, 0.05) is 19.8 Å². The molecule has 0 saturated heterocycles. The molecule has 21 heavy (non-hydrogen) atoms. The number of nitrogens with one attached hydrogen (secondary N) is 2. The number of para-hydroxylation sites is 2. The van der Waals surface area contributed by atoms with Crippen molar-refractivity contribution in [3.05, 3.63) is 54.1 Å². The molecule has 0 aliphatic carbocycles. The minimum Gasteiger partial charge on any atom is -0.354 e. The average molecular weight is 305 g/mol. The lowest BCUT2D eigenvalue weighted by molar-refractivity contribution is 0.527. The SMILES string of the molecule is Cc1ccc(Nc2ccccc2NS(=O)(=O)N(C)C)cc1. The number of nitrogens with zero attached hydrogens (tertiary/aromatic N) is 1. The summed E-state index contributed by atoms with van der Waals surface area (Å²) in [6.07, 6.45) is 0. The Morgan fingerprint density at radius 1 is 0.905 bits per heavy atom. The highest BCUT2D eigenvalue weighted by Gasteiger charge is 2.14. The monoisotopic (exact) mass is 305 g/mol. The minimum absolute atomic E-state index is 0.506. The predicted octanol–water partition coefficient (Wildman–Crippen LogP) is 2.96. The smallest absolute Gasteiger partial charge is 0.301 e. The molecular formula is C15H19N3O2S. The van der Waals surface area contributed by atoms with Gasteiger partial charge in [-0.2, -0.15) is 12.7 Å². The van der Waals surface area contributed by atoms with Crippen molar-refractivity contribution < 1.29 is 8.42 Å². The van der Waals surface area contributed by atoms with Gasteiger partial charge in [0.1, 0.15) is 0 Å². The molecule has 2 N–H and O–H groups in total. The fourth-order valence-corrected chi connectivity index (χ4v) is 2.34. The van der Waals surface area contributed by atoms with Gasteiger partial charge in [-0.25, -0.2) is 0 Å². The maximum absolute atomic E-state index is 11.9. The summed E-state index contributed by atoms with van der Waals surface area (Å²) in [6, 6.07) is 15.1. The summed E-state index contributed by atoms with van der Waals surface area (Å²) >= 11 is 0. The van der Waals surface area contributed by atoms with Gasteiger partial charge in [0.15, 0.2) is 0 Å². The number of aryl methyl sites for hydroxylation is 1. The molecule has 112 valence electrons. The average Bonchev–Trinajstić information content (AvgIpc) is 2.43. The zero-order valence-electron chi connectivity index (χ0n) is 12.3. The first-order valence-electron chi connectivity index (χ1n) is 6.51. The van der Waals surface area contributed by atoms with Gasteiger partial charge in [-0.05, 0) is 31.2 Å². The summed E-state index contributed by atoms with van der Waals surface area (Å²) in [5.41, 5.74) is 3.28. The molecule has 0 fully saturated rings. The summed E-state index contributed by atoms with van der Waals surface area (Å²) in [5.74, 6) is 0. The zero-order chi connectivity index (χ0) is 15.5. The number of rotatable bonds is 5. The molecular weight excluding hydrogens is 286 g/mol. The molecule has 0 saturated carbocycles. The van der Waals surface area contributed by atoms with Gasteiger partial charge in [0.25, 0.3) is 0 Å². The normalized spacial score (nSPS) is 11.4. The molecule has 2 rings (SSSR count). The van der Waals surface area contributed by atoms with E-state index in [1.165, 1.54) is 19.7 Å². The summed E-state index contributed by atoms with van der Waals surface area (Å²) < 4.78 is 27.6. The van der Waals surface area contributed by atoms with E-state index in [0.29, 0.717) is 11.4 Å². The standard InChI is InChI=1S/C15H19N3O2S/c1-12-8-10-13(11-9-12)16-14-6-4-5-7-15(14)17-21(19,20)18(2)3/h4-11,16-17H,1-3H3. The zero-order valence-corrected chi connectivity index (χ0v) is 13.1. The Kier molecular flexibility index (Phi) is 4.50. The van der Waals surface area contributed by atoms with Crippen LogP contribution >= 0.6 is 0 Å². The first-order chi connectivity index (χ1) is 9.88. The third-order valence-electron chi connectivity index (χ3n) is 2.98. The van der Waals surface area contributed by atoms with Gasteiger partial charge >= 0.3 is 10.2 Å². The van der Waals surface area contributed by atoms with Gasteiger partial charge in [0.2, 0.25) is 0 Å². The fraction of sp³-hybridized carbons (Fsp3) is 0.200. The van der Waals surface area contributed by atoms with E-state index in [9.17, 15) is 8.42 Å². The van der Waals surface area contributed by atoms with Crippen molar-refractivity contribution in [3.63, 3.8) is 0 Å². The fourth-order valence-electron chi connectivity index (χ4n) is 1.70. The molecule has 0 bridgehead atoms. The van der Waals surface area contributed by atoms with Crippen LogP contribution in [0, 0.1) is 6.92 Å². The Hall–Kier alpha value is -2.05. The lowest BCUT2D eigenvalue weighted by atomic mass is 10.2. The summed E-state index contributed by atoms with van der Waals surface area (Å²) in [5, 5.41) is 3.22. The molecule has 0 aliphatic rings. The van der Waals surface area contributed by atoms with E-state index in [0.717, 1.165) is 9.99 Å². The van der Waals surface area contributed by atoms with E-state index >= 15 is 0 Å². The van der Waals surface area contributed by atoms with Crippen LogP contribution in [0.5, 0.6) is 0 Å². The Morgan fingerprint density at radius 3 is 2.05 bits per heavy atom. The van der Waals surface area contributed by atoms with E-state index in [-0.39, 0.29) is 0 Å². The van der Waals surface area contributed by atoms with E-state index in [4.69, 9.17) is 0 Å². The molecule has 2 aromatic carbocycles. The number of anilines is 3. The van der Waals surface area contributed by atoms with Crippen LogP contribution in [0.4, 0.5) is 17.1 Å². The molecule has 6 heteroatoms. The van der Waals surface area contributed by atoms with E-state index in [1.54, 1.807) is 12.1 Å². The lowest BCUT2D eigenvalue weighted by Gasteiger charge is -2.17. The minimum atomic E-state index is -3.53. The first kappa shape index (κ1) is 15.3. The molecule has 0 atom stereocenters. The van der Waals surface area contributed by atoms with Crippen molar-refractivity contribution in [2.24, 2.45) is 0 Å². The van der Waals surface area contributed by atoms with Crippen LogP contribution in [-0.2, 0) is 10.2 Å². The second-order valence-electron chi connectivity index (χ2n) is 4.93. The molecule has 0 aromatic heterocycles. The maximum Gasteiger partial charge on any atom is 0.301 e. The summed E-state index contributed by atoms with van der Waals surface area (Å²) in [7, 11) is -0.560. The number of hydrogen-bond acceptors (Lipinski definition) is 3. The van der Waals surface area contributed by atoms with Crippen LogP contribution < -0.4 is 10.0 Å². The van der Waals surface area contributed by atoms with Crippen LogP contribution in [0.15, 0.2) is 48.5 Å². The summed E-state index contributed by atoms with van der Waals surface area (Å²) in [6.45, 7) is 2.02. The number of benzene rings is 2. The quantitative estimate of drug-likeness (QED) is 0.893. The maximum atomic E-state index is 11.9. The number of hydrogen-bond donors (Lipinski definition) is 2. The highest BCUT2D eigenvalue weighted by Crippen LogP contribution is 2.26. The van der Waals surface area contributed by atoms with Gasteiger partial charge in [0.05, 0.1) is 11.4 Å². The second-order valence-corrected chi connectivity index (χ2v) is 6.81. The molecule has 0 aliphatic heterocycles. The lowest BCUT2D eigenvalue weighted by Crippen LogP contribution is -2.29. The van der Waals surface area contributed by atoms with Crippen LogP contribution in [0.3, 0.4) is 0 Å². The molecule has 0 heterocycles. The van der Waals surface area contributed by atoms with E-state index < -0.39 is 10.2 Å². The summed E-state index contributed by atoms with van der Waals surface area (Å²) in [4.78, 5) is 0. The molecule has 0 unspecified atom stereocenters. The highest BCUT2D eigenvalue weighted by atomic mass is 32.2. The van der Waals surface area contributed by atoms with Crippen LogP contribution in [0.1, 0.15) is 5.56 Å². The van der Waals surface area contributed by atoms with Gasteiger partial charge in [-0.3, -0.25) is 4.72 Å². The molecule has 0 spiro atoms. The van der Waals surface area contributed by atoms with Crippen LogP contribution in [0.2, 0.25) is 0 Å². The van der Waals surface area contributed by atoms with Crippen LogP contribution in [0.25, 0.3) is 0 Å². The van der Waals surface area contributed by atoms with E-state index in [1.807, 2.05) is 43.3 Å². The third-order valence-corrected chi connectivity index (χ3v) is 4.42. The van der Waals surface area contributed by atoms with Crippen molar-refractivity contribution >= 4 is 27.3 Å². The van der Waals surface area contributed by atoms with Crippen molar-refractivity contribution in [2.75, 3.05) is 24.1 Å². The Labute approximate surface area is 125 Å². The topological polar surface area (TPSA) is 61.4 Å². The third kappa shape index (κ3) is 3.96. The highest BCUT2D eigenvalue weighted by molar-refractivity contribution is 7.90. The van der Waals surface area contributed by atoms with Gasteiger partial charge < -0.3 is 5.32 Å². The Morgan fingerprint density at radius 2 is 1.48 bits per heavy atom. The van der Waals surface area contributed by atoms with Crippen LogP contribution in [-0.4, -0.2) is 26.8 Å². The van der Waals surface area contributed by atoms with Gasteiger partial charge in [-0.1, -0.05) is 29.8 Å². The predicted molar refractivity (Wildman–Crippen MR) is 87.1 cm³/mol. The Bertz CT molecular complexity index is 710. The first-order valence-corrected chi connectivity index (χ1v) is 7.95. The van der Waals surface area contributed by atoms with Crippen molar-refractivity contribution in [3.8, 4) is 0 Å². The van der Waals surface area contributed by atoms with Crippen molar-refractivity contribution in [1.29, 1.82) is 0 Å². The molecule has 5 nitrogen and oxygen atoms in total. The molecule has 2 aromatic rings. The Balaban J connectivity index is 2.27. The van der Waals surface area contributed by atoms with Crippen molar-refractivity contribution in [2.45, 2.75) is 6.92 Å². The van der Waals surface area contributed by atoms with Crippen molar-refractivity contribution in [1.82, 2.24) is 4.31 Å². The second kappa shape index (κ2) is 6.15. The molecule has 0 amide bonds. The van der Waals surface area contributed by atoms with Gasteiger partial charge in [-0.15, -0.1) is 0 Å².